The van der Waals surface area contributed by atoms with Gasteiger partial charge in [0.2, 0.25) is 0 Å². The first kappa shape index (κ1) is 17.5. The highest BCUT2D eigenvalue weighted by molar-refractivity contribution is 5.85. The van der Waals surface area contributed by atoms with E-state index in [1.165, 1.54) is 0 Å². The van der Waals surface area contributed by atoms with Crippen LogP contribution < -0.4 is 5.73 Å². The van der Waals surface area contributed by atoms with Gasteiger partial charge >= 0.3 is 11.9 Å². The largest absolute Gasteiger partial charge is 0.481 e. The molecule has 0 spiro atoms. The number of carboxylic acids is 2. The van der Waals surface area contributed by atoms with Crippen molar-refractivity contribution in [3.05, 3.63) is 0 Å². The first-order chi connectivity index (χ1) is 4.54. The third kappa shape index (κ3) is 9.48. The van der Waals surface area contributed by atoms with E-state index in [2.05, 4.69) is 0 Å². The molecule has 0 aromatic carbocycles. The van der Waals surface area contributed by atoms with Crippen molar-refractivity contribution in [1.82, 2.24) is 0 Å². The van der Waals surface area contributed by atoms with E-state index >= 15 is 0 Å². The summed E-state index contributed by atoms with van der Waals surface area (Å²) in [4.78, 5) is 19.9. The summed E-state index contributed by atoms with van der Waals surface area (Å²) >= 11 is 0. The Hall–Kier alpha value is -0.520. The molecule has 0 heterocycles. The van der Waals surface area contributed by atoms with Gasteiger partial charge in [-0.05, 0) is 6.42 Å². The number of rotatable bonds is 4. The summed E-state index contributed by atoms with van der Waals surface area (Å²) in [6, 6.07) is -1.06. The molecule has 0 saturated heterocycles. The van der Waals surface area contributed by atoms with Crippen LogP contribution in [0.15, 0.2) is 0 Å². The highest BCUT2D eigenvalue weighted by atomic mass is 35.5. The van der Waals surface area contributed by atoms with Crippen molar-refractivity contribution in [2.24, 2.45) is 5.73 Å². The number of carboxylic acid groups (broad SMARTS) is 2. The summed E-state index contributed by atoms with van der Waals surface area (Å²) in [5.74, 6) is -2.20. The molecule has 0 aliphatic rings. The number of aliphatic carboxylic acids is 2. The molecule has 0 rings (SSSR count). The SMILES string of the molecule is Cl.Cl.N[C@@H](CCC(=O)O)C(=O)O. The van der Waals surface area contributed by atoms with E-state index in [-0.39, 0.29) is 37.7 Å². The highest BCUT2D eigenvalue weighted by Gasteiger charge is 2.12. The molecule has 0 fully saturated rings. The Morgan fingerprint density at radius 3 is 1.92 bits per heavy atom. The summed E-state index contributed by atoms with van der Waals surface area (Å²) in [5.41, 5.74) is 5.00. The Morgan fingerprint density at radius 2 is 1.67 bits per heavy atom. The van der Waals surface area contributed by atoms with Gasteiger partial charge in [-0.2, -0.15) is 0 Å². The lowest BCUT2D eigenvalue weighted by atomic mass is 10.2. The van der Waals surface area contributed by atoms with Crippen LogP contribution in [0.3, 0.4) is 0 Å². The number of hydrogen-bond donors (Lipinski definition) is 3. The van der Waals surface area contributed by atoms with E-state index in [9.17, 15) is 9.59 Å². The zero-order valence-electron chi connectivity index (χ0n) is 6.10. The Bertz CT molecular complexity index is 152. The number of halogens is 2. The molecule has 12 heavy (non-hydrogen) atoms. The fourth-order valence-corrected chi connectivity index (χ4v) is 0.402. The van der Waals surface area contributed by atoms with Crippen molar-refractivity contribution in [2.75, 3.05) is 0 Å². The quantitative estimate of drug-likeness (QED) is 0.624. The molecule has 5 nitrogen and oxygen atoms in total. The van der Waals surface area contributed by atoms with Crippen LogP contribution in [0.1, 0.15) is 12.8 Å². The van der Waals surface area contributed by atoms with Crippen LogP contribution in [-0.4, -0.2) is 28.2 Å². The third-order valence-electron chi connectivity index (χ3n) is 0.986. The Balaban J connectivity index is -0.000000405. The average molecular weight is 220 g/mol. The smallest absolute Gasteiger partial charge is 0.320 e. The first-order valence-corrected chi connectivity index (χ1v) is 2.74. The lowest BCUT2D eigenvalue weighted by Crippen LogP contribution is -2.30. The minimum absolute atomic E-state index is 0. The van der Waals surface area contributed by atoms with Gasteiger partial charge in [-0.25, -0.2) is 0 Å². The normalized spacial score (nSPS) is 10.4. The summed E-state index contributed by atoms with van der Waals surface area (Å²) in [6.07, 6.45) is -0.224. The second kappa shape index (κ2) is 8.58. The molecule has 0 aromatic heterocycles. The van der Waals surface area contributed by atoms with Crippen LogP contribution in [0.2, 0.25) is 0 Å². The van der Waals surface area contributed by atoms with E-state index in [1.807, 2.05) is 0 Å². The van der Waals surface area contributed by atoms with Gasteiger partial charge in [-0.3, -0.25) is 9.59 Å². The second-order valence-electron chi connectivity index (χ2n) is 1.88. The fourth-order valence-electron chi connectivity index (χ4n) is 0.402. The molecule has 1 atom stereocenters. The average Bonchev–Trinajstić information content (AvgIpc) is 1.82. The Morgan fingerprint density at radius 1 is 1.25 bits per heavy atom. The minimum atomic E-state index is -1.17. The maximum absolute atomic E-state index is 9.99. The zero-order valence-corrected chi connectivity index (χ0v) is 7.73. The lowest BCUT2D eigenvalue weighted by Gasteiger charge is -2.01. The van der Waals surface area contributed by atoms with Crippen molar-refractivity contribution in [3.8, 4) is 0 Å². The zero-order chi connectivity index (χ0) is 8.15. The van der Waals surface area contributed by atoms with Crippen molar-refractivity contribution in [1.29, 1.82) is 0 Å². The molecule has 0 radical (unpaired) electrons. The van der Waals surface area contributed by atoms with E-state index < -0.39 is 18.0 Å². The lowest BCUT2D eigenvalue weighted by molar-refractivity contribution is -0.139. The molecule has 0 amide bonds. The molecule has 0 aromatic rings. The maximum Gasteiger partial charge on any atom is 0.320 e. The van der Waals surface area contributed by atoms with E-state index in [0.717, 1.165) is 0 Å². The van der Waals surface area contributed by atoms with Gasteiger partial charge in [0, 0.05) is 6.42 Å². The molecule has 0 bridgehead atoms. The van der Waals surface area contributed by atoms with Crippen LogP contribution in [-0.2, 0) is 9.59 Å². The summed E-state index contributed by atoms with van der Waals surface area (Å²) in [7, 11) is 0. The predicted molar refractivity (Wildman–Crippen MR) is 47.0 cm³/mol. The van der Waals surface area contributed by atoms with Crippen LogP contribution in [0.25, 0.3) is 0 Å². The van der Waals surface area contributed by atoms with Crippen LogP contribution >= 0.6 is 24.8 Å². The van der Waals surface area contributed by atoms with Gasteiger partial charge in [0.1, 0.15) is 6.04 Å². The van der Waals surface area contributed by atoms with E-state index in [1.54, 1.807) is 0 Å². The van der Waals surface area contributed by atoms with Gasteiger partial charge in [0.05, 0.1) is 0 Å². The van der Waals surface area contributed by atoms with Crippen LogP contribution in [0.4, 0.5) is 0 Å². The van der Waals surface area contributed by atoms with E-state index in [0.29, 0.717) is 0 Å². The minimum Gasteiger partial charge on any atom is -0.481 e. The highest BCUT2D eigenvalue weighted by Crippen LogP contribution is 1.93. The molecule has 4 N–H and O–H groups in total. The summed E-state index contributed by atoms with van der Waals surface area (Å²) in [6.45, 7) is 0. The fraction of sp³-hybridized carbons (Fsp3) is 0.600. The van der Waals surface area contributed by atoms with Crippen molar-refractivity contribution in [3.63, 3.8) is 0 Å². The van der Waals surface area contributed by atoms with E-state index in [4.69, 9.17) is 15.9 Å². The Kier molecular flexibility index (Phi) is 12.5. The van der Waals surface area contributed by atoms with Crippen molar-refractivity contribution < 1.29 is 19.8 Å². The topological polar surface area (TPSA) is 101 Å². The Labute approximate surface area is 81.8 Å². The van der Waals surface area contributed by atoms with Crippen LogP contribution in [0.5, 0.6) is 0 Å². The number of nitrogens with two attached hydrogens (primary N) is 1. The molecule has 74 valence electrons. The monoisotopic (exact) mass is 219 g/mol. The van der Waals surface area contributed by atoms with Crippen LogP contribution in [0, 0.1) is 0 Å². The first-order valence-electron chi connectivity index (χ1n) is 2.74. The molecular weight excluding hydrogens is 209 g/mol. The second-order valence-corrected chi connectivity index (χ2v) is 1.88. The van der Waals surface area contributed by atoms with Crippen molar-refractivity contribution in [2.45, 2.75) is 18.9 Å². The van der Waals surface area contributed by atoms with Gasteiger partial charge < -0.3 is 15.9 Å². The number of hydrogen-bond acceptors (Lipinski definition) is 3. The summed E-state index contributed by atoms with van der Waals surface area (Å²) < 4.78 is 0. The molecule has 0 unspecified atom stereocenters. The van der Waals surface area contributed by atoms with Gasteiger partial charge in [0.15, 0.2) is 0 Å². The number of carbonyl (C=O) groups is 2. The van der Waals surface area contributed by atoms with Gasteiger partial charge in [-0.1, -0.05) is 0 Å². The molecular formula is C5H11Cl2NO4. The molecule has 7 heteroatoms. The molecule has 0 saturated carbocycles. The third-order valence-corrected chi connectivity index (χ3v) is 0.986. The van der Waals surface area contributed by atoms with Gasteiger partial charge in [-0.15, -0.1) is 24.8 Å². The molecule has 0 aliphatic heterocycles. The van der Waals surface area contributed by atoms with Crippen molar-refractivity contribution >= 4 is 36.8 Å². The predicted octanol–water partition coefficient (Wildman–Crippen LogP) is 0.107. The standard InChI is InChI=1S/C5H9NO4.2ClH/c6-3(5(9)10)1-2-4(7)8;;/h3H,1-2,6H2,(H,7,8)(H,9,10);2*1H/t3-;;/m0../s1. The summed E-state index contributed by atoms with van der Waals surface area (Å²) in [5, 5.41) is 16.3. The maximum atomic E-state index is 9.99. The van der Waals surface area contributed by atoms with Gasteiger partial charge in [0.25, 0.3) is 0 Å². The molecule has 0 aliphatic carbocycles.